The fraction of sp³-hybridized carbons (Fsp3) is 0.261. The van der Waals surface area contributed by atoms with Crippen molar-refractivity contribution < 1.29 is 4.79 Å². The molecule has 0 aliphatic rings. The van der Waals surface area contributed by atoms with Gasteiger partial charge in [-0.05, 0) is 69.2 Å². The van der Waals surface area contributed by atoms with Gasteiger partial charge in [-0.15, -0.1) is 0 Å². The van der Waals surface area contributed by atoms with Crippen LogP contribution in [0.1, 0.15) is 35.3 Å². The Morgan fingerprint density at radius 3 is 2.24 bits per heavy atom. The fourth-order valence-electron chi connectivity index (χ4n) is 3.06. The van der Waals surface area contributed by atoms with Crippen molar-refractivity contribution in [3.8, 4) is 0 Å². The molecule has 0 atom stereocenters. The standard InChI is InChI=1S/C23H27N5O/c1-5-28(6-2)20-12-10-19(11-13-20)26-22(29)18-14-24-23(25-15-18)27-21-9-7-8-16(3)17(21)4/h7-15H,5-6H2,1-4H3,(H,26,29)(H,24,25,27). The fourth-order valence-corrected chi connectivity index (χ4v) is 3.06. The van der Waals surface area contributed by atoms with Crippen molar-refractivity contribution in [1.82, 2.24) is 9.97 Å². The number of rotatable bonds is 7. The van der Waals surface area contributed by atoms with Crippen molar-refractivity contribution in [3.63, 3.8) is 0 Å². The van der Waals surface area contributed by atoms with Gasteiger partial charge < -0.3 is 15.5 Å². The molecule has 150 valence electrons. The van der Waals surface area contributed by atoms with Crippen molar-refractivity contribution in [1.29, 1.82) is 0 Å². The van der Waals surface area contributed by atoms with Crippen LogP contribution in [0.5, 0.6) is 0 Å². The zero-order valence-corrected chi connectivity index (χ0v) is 17.4. The van der Waals surface area contributed by atoms with E-state index in [1.165, 1.54) is 18.0 Å². The van der Waals surface area contributed by atoms with E-state index in [1.807, 2.05) is 43.3 Å². The highest BCUT2D eigenvalue weighted by Gasteiger charge is 2.09. The van der Waals surface area contributed by atoms with Crippen molar-refractivity contribution in [3.05, 3.63) is 71.5 Å². The first-order valence-corrected chi connectivity index (χ1v) is 9.83. The molecule has 0 spiro atoms. The summed E-state index contributed by atoms with van der Waals surface area (Å²) in [7, 11) is 0. The molecule has 2 N–H and O–H groups in total. The molecule has 1 aromatic heterocycles. The number of carbonyl (C=O) groups is 1. The van der Waals surface area contributed by atoms with Crippen LogP contribution in [0.25, 0.3) is 0 Å². The smallest absolute Gasteiger partial charge is 0.258 e. The Labute approximate surface area is 172 Å². The molecule has 6 heteroatoms. The molecule has 3 rings (SSSR count). The molecule has 0 unspecified atom stereocenters. The highest BCUT2D eigenvalue weighted by atomic mass is 16.1. The van der Waals surface area contributed by atoms with E-state index in [0.717, 1.165) is 35.7 Å². The summed E-state index contributed by atoms with van der Waals surface area (Å²) < 4.78 is 0. The first-order chi connectivity index (χ1) is 14.0. The summed E-state index contributed by atoms with van der Waals surface area (Å²) in [5, 5.41) is 6.09. The second-order valence-corrected chi connectivity index (χ2v) is 6.84. The lowest BCUT2D eigenvalue weighted by Gasteiger charge is -2.21. The minimum absolute atomic E-state index is 0.237. The van der Waals surface area contributed by atoms with Crippen LogP contribution in [-0.4, -0.2) is 29.0 Å². The van der Waals surface area contributed by atoms with Gasteiger partial charge in [0.25, 0.3) is 5.91 Å². The minimum Gasteiger partial charge on any atom is -0.372 e. The average Bonchev–Trinajstić information content (AvgIpc) is 2.74. The quantitative estimate of drug-likeness (QED) is 0.599. The molecule has 2 aromatic carbocycles. The lowest BCUT2D eigenvalue weighted by Crippen LogP contribution is -2.21. The highest BCUT2D eigenvalue weighted by Crippen LogP contribution is 2.21. The number of benzene rings is 2. The molecule has 0 saturated heterocycles. The summed E-state index contributed by atoms with van der Waals surface area (Å²) in [6.07, 6.45) is 3.06. The zero-order valence-electron chi connectivity index (χ0n) is 17.4. The Hall–Kier alpha value is -3.41. The van der Waals surface area contributed by atoms with Crippen LogP contribution in [0.3, 0.4) is 0 Å². The number of anilines is 4. The van der Waals surface area contributed by atoms with Crippen molar-refractivity contribution in [2.75, 3.05) is 28.6 Å². The molecule has 0 aliphatic heterocycles. The van der Waals surface area contributed by atoms with Gasteiger partial charge in [-0.1, -0.05) is 12.1 Å². The molecule has 29 heavy (non-hydrogen) atoms. The number of amides is 1. The third kappa shape index (κ3) is 4.90. The number of hydrogen-bond donors (Lipinski definition) is 2. The summed E-state index contributed by atoms with van der Waals surface area (Å²) in [6.45, 7) is 10.2. The SMILES string of the molecule is CCN(CC)c1ccc(NC(=O)c2cnc(Nc3cccc(C)c3C)nc2)cc1. The van der Waals surface area contributed by atoms with Crippen LogP contribution in [0.2, 0.25) is 0 Å². The van der Waals surface area contributed by atoms with E-state index in [9.17, 15) is 4.79 Å². The molecule has 0 aliphatic carbocycles. The molecule has 3 aromatic rings. The van der Waals surface area contributed by atoms with Gasteiger partial charge in [0.2, 0.25) is 5.95 Å². The molecule has 0 radical (unpaired) electrons. The van der Waals surface area contributed by atoms with Gasteiger partial charge >= 0.3 is 0 Å². The van der Waals surface area contributed by atoms with E-state index >= 15 is 0 Å². The molecular weight excluding hydrogens is 362 g/mol. The Balaban J connectivity index is 1.65. The van der Waals surface area contributed by atoms with Crippen LogP contribution in [0, 0.1) is 13.8 Å². The molecule has 1 heterocycles. The van der Waals surface area contributed by atoms with E-state index in [1.54, 1.807) is 0 Å². The van der Waals surface area contributed by atoms with Crippen molar-refractivity contribution in [2.45, 2.75) is 27.7 Å². The summed E-state index contributed by atoms with van der Waals surface area (Å²) in [5.41, 5.74) is 5.57. The monoisotopic (exact) mass is 389 g/mol. The molecular formula is C23H27N5O. The van der Waals surface area contributed by atoms with Crippen LogP contribution >= 0.6 is 0 Å². The lowest BCUT2D eigenvalue weighted by atomic mass is 10.1. The van der Waals surface area contributed by atoms with Crippen molar-refractivity contribution >= 4 is 28.9 Å². The maximum atomic E-state index is 12.5. The summed E-state index contributed by atoms with van der Waals surface area (Å²) in [4.78, 5) is 23.3. The third-order valence-electron chi connectivity index (χ3n) is 5.02. The van der Waals surface area contributed by atoms with E-state index in [4.69, 9.17) is 0 Å². The average molecular weight is 390 g/mol. The first-order valence-electron chi connectivity index (χ1n) is 9.83. The van der Waals surface area contributed by atoms with Crippen LogP contribution in [0.15, 0.2) is 54.9 Å². The number of aromatic nitrogens is 2. The largest absolute Gasteiger partial charge is 0.372 e. The van der Waals surface area contributed by atoms with Gasteiger partial charge in [0.15, 0.2) is 0 Å². The van der Waals surface area contributed by atoms with Crippen molar-refractivity contribution in [2.24, 2.45) is 0 Å². The Kier molecular flexibility index (Phi) is 6.44. The van der Waals surface area contributed by atoms with Gasteiger partial charge in [-0.3, -0.25) is 4.79 Å². The molecule has 0 saturated carbocycles. The topological polar surface area (TPSA) is 70.2 Å². The maximum Gasteiger partial charge on any atom is 0.258 e. The normalized spacial score (nSPS) is 10.5. The van der Waals surface area contributed by atoms with E-state index in [2.05, 4.69) is 52.3 Å². The summed E-state index contributed by atoms with van der Waals surface area (Å²) >= 11 is 0. The molecule has 0 bridgehead atoms. The summed E-state index contributed by atoms with van der Waals surface area (Å²) in [6, 6.07) is 13.9. The van der Waals surface area contributed by atoms with E-state index in [0.29, 0.717) is 11.5 Å². The first kappa shape index (κ1) is 20.3. The lowest BCUT2D eigenvalue weighted by molar-refractivity contribution is 0.102. The van der Waals surface area contributed by atoms with E-state index < -0.39 is 0 Å². The second-order valence-electron chi connectivity index (χ2n) is 6.84. The Morgan fingerprint density at radius 1 is 0.966 bits per heavy atom. The predicted molar refractivity (Wildman–Crippen MR) is 119 cm³/mol. The van der Waals surface area contributed by atoms with Gasteiger partial charge in [-0.25, -0.2) is 9.97 Å². The highest BCUT2D eigenvalue weighted by molar-refractivity contribution is 6.04. The number of hydrogen-bond acceptors (Lipinski definition) is 5. The number of nitrogens with zero attached hydrogens (tertiary/aromatic N) is 3. The van der Waals surface area contributed by atoms with Crippen LogP contribution < -0.4 is 15.5 Å². The van der Waals surface area contributed by atoms with Gasteiger partial charge in [0.05, 0.1) is 5.56 Å². The number of carbonyl (C=O) groups excluding carboxylic acids is 1. The second kappa shape index (κ2) is 9.19. The maximum absolute atomic E-state index is 12.5. The number of aryl methyl sites for hydroxylation is 1. The Bertz CT molecular complexity index is 964. The van der Waals surface area contributed by atoms with E-state index in [-0.39, 0.29) is 5.91 Å². The van der Waals surface area contributed by atoms with Gasteiger partial charge in [0, 0.05) is 42.5 Å². The van der Waals surface area contributed by atoms with Gasteiger partial charge in [-0.2, -0.15) is 0 Å². The zero-order chi connectivity index (χ0) is 20.8. The van der Waals surface area contributed by atoms with Gasteiger partial charge in [0.1, 0.15) is 0 Å². The van der Waals surface area contributed by atoms with Crippen LogP contribution in [-0.2, 0) is 0 Å². The minimum atomic E-state index is -0.237. The molecule has 6 nitrogen and oxygen atoms in total. The predicted octanol–water partition coefficient (Wildman–Crippen LogP) is 4.94. The van der Waals surface area contributed by atoms with Crippen LogP contribution in [0.4, 0.5) is 23.0 Å². The molecule has 0 fully saturated rings. The Morgan fingerprint density at radius 2 is 1.62 bits per heavy atom. The summed E-state index contributed by atoms with van der Waals surface area (Å²) in [5.74, 6) is 0.220. The third-order valence-corrected chi connectivity index (χ3v) is 5.02. The number of nitrogens with one attached hydrogen (secondary N) is 2. The molecule has 1 amide bonds.